The van der Waals surface area contributed by atoms with Crippen molar-refractivity contribution in [3.63, 3.8) is 0 Å². The first-order valence-electron chi connectivity index (χ1n) is 23.6. The number of hydrogen-bond donors (Lipinski definition) is 0. The van der Waals surface area contributed by atoms with E-state index in [1.807, 2.05) is 12.1 Å². The Labute approximate surface area is 382 Å². The van der Waals surface area contributed by atoms with E-state index < -0.39 is 0 Å². The fourth-order valence-electron chi connectivity index (χ4n) is 12.8. The third kappa shape index (κ3) is 6.10. The number of hydrogen-bond acceptors (Lipinski definition) is 5. The van der Waals surface area contributed by atoms with Crippen molar-refractivity contribution in [2.75, 3.05) is 0 Å². The monoisotopic (exact) mass is 851 g/mol. The summed E-state index contributed by atoms with van der Waals surface area (Å²) in [6, 6.07) is 64.4. The first-order valence-corrected chi connectivity index (χ1v) is 23.6. The van der Waals surface area contributed by atoms with Crippen LogP contribution in [0.1, 0.15) is 44.1 Å². The Morgan fingerprint density at radius 3 is 1.48 bits per heavy atom. The van der Waals surface area contributed by atoms with Gasteiger partial charge in [0.1, 0.15) is 22.3 Å². The molecule has 316 valence electrons. The lowest BCUT2D eigenvalue weighted by molar-refractivity contribution is -0.00447. The highest BCUT2D eigenvalue weighted by Gasteiger charge is 2.52. The van der Waals surface area contributed by atoms with Crippen LogP contribution < -0.4 is 0 Å². The van der Waals surface area contributed by atoms with Crippen LogP contribution in [0.5, 0.6) is 0 Å². The van der Waals surface area contributed by atoms with E-state index in [4.69, 9.17) is 23.8 Å². The Morgan fingerprint density at radius 2 is 0.833 bits per heavy atom. The predicted molar refractivity (Wildman–Crippen MR) is 267 cm³/mol. The molecular weight excluding hydrogens is 807 g/mol. The summed E-state index contributed by atoms with van der Waals surface area (Å²) < 4.78 is 13.7. The van der Waals surface area contributed by atoms with E-state index in [1.165, 1.54) is 66.0 Å². The van der Waals surface area contributed by atoms with Gasteiger partial charge in [-0.2, -0.15) is 0 Å². The van der Waals surface area contributed by atoms with Crippen molar-refractivity contribution in [1.82, 2.24) is 15.0 Å². The number of nitrogens with zero attached hydrogens (tertiary/aromatic N) is 3. The summed E-state index contributed by atoms with van der Waals surface area (Å²) in [7, 11) is 0. The molecule has 0 saturated heterocycles. The average molecular weight is 852 g/mol. The normalized spacial score (nSPS) is 20.0. The summed E-state index contributed by atoms with van der Waals surface area (Å²) in [4.78, 5) is 16.3. The lowest BCUT2D eigenvalue weighted by Gasteiger charge is -2.57. The molecule has 4 aliphatic carbocycles. The minimum Gasteiger partial charge on any atom is -0.455 e. The zero-order valence-corrected chi connectivity index (χ0v) is 36.5. The summed E-state index contributed by atoms with van der Waals surface area (Å²) in [6.07, 6.45) is 7.99. The van der Waals surface area contributed by atoms with Crippen LogP contribution in [0.4, 0.5) is 0 Å². The van der Waals surface area contributed by atoms with Crippen molar-refractivity contribution in [3.8, 4) is 67.5 Å². The van der Waals surface area contributed by atoms with E-state index in [9.17, 15) is 0 Å². The van der Waals surface area contributed by atoms with Crippen LogP contribution in [-0.2, 0) is 5.41 Å². The van der Waals surface area contributed by atoms with Crippen molar-refractivity contribution in [2.24, 2.45) is 17.8 Å². The summed E-state index contributed by atoms with van der Waals surface area (Å²) in [5.41, 5.74) is 14.3. The maximum atomic E-state index is 7.02. The van der Waals surface area contributed by atoms with E-state index in [1.54, 1.807) is 0 Å². The molecule has 3 aromatic heterocycles. The molecule has 4 bridgehead atoms. The largest absolute Gasteiger partial charge is 0.455 e. The molecule has 11 aromatic rings. The maximum absolute atomic E-state index is 7.02. The van der Waals surface area contributed by atoms with Crippen molar-refractivity contribution in [2.45, 2.75) is 43.9 Å². The van der Waals surface area contributed by atoms with E-state index in [0.717, 1.165) is 89.8 Å². The van der Waals surface area contributed by atoms with Gasteiger partial charge in [0, 0.05) is 27.1 Å². The van der Waals surface area contributed by atoms with E-state index in [2.05, 4.69) is 170 Å². The fraction of sp³-hybridized carbons (Fsp3) is 0.164. The second-order valence-corrected chi connectivity index (χ2v) is 19.4. The van der Waals surface area contributed by atoms with E-state index >= 15 is 0 Å². The van der Waals surface area contributed by atoms with Gasteiger partial charge in [0.05, 0.1) is 11.1 Å². The summed E-state index contributed by atoms with van der Waals surface area (Å²) in [6.45, 7) is 0. The molecule has 5 heteroatoms. The van der Waals surface area contributed by atoms with E-state index in [-0.39, 0.29) is 5.41 Å². The molecule has 0 radical (unpaired) electrons. The average Bonchev–Trinajstić information content (AvgIpc) is 3.95. The second-order valence-electron chi connectivity index (χ2n) is 19.4. The quantitative estimate of drug-likeness (QED) is 0.160. The molecule has 0 unspecified atom stereocenters. The minimum atomic E-state index is 0.165. The summed E-state index contributed by atoms with van der Waals surface area (Å²) in [5, 5.41) is 4.48. The van der Waals surface area contributed by atoms with Gasteiger partial charge in [-0.05, 0) is 143 Å². The van der Waals surface area contributed by atoms with Crippen LogP contribution in [0.2, 0.25) is 0 Å². The summed E-state index contributed by atoms with van der Waals surface area (Å²) in [5.74, 6) is 4.15. The molecule has 0 atom stereocenters. The minimum absolute atomic E-state index is 0.165. The van der Waals surface area contributed by atoms with Gasteiger partial charge >= 0.3 is 0 Å². The van der Waals surface area contributed by atoms with Gasteiger partial charge in [0.25, 0.3) is 0 Å². The zero-order chi connectivity index (χ0) is 43.3. The first kappa shape index (κ1) is 37.7. The molecule has 0 amide bonds. The Hall–Kier alpha value is -7.63. The van der Waals surface area contributed by atoms with Gasteiger partial charge in [-0.25, -0.2) is 15.0 Å². The Balaban J connectivity index is 1.00. The Kier molecular flexibility index (Phi) is 8.40. The topological polar surface area (TPSA) is 65.0 Å². The second kappa shape index (κ2) is 14.7. The third-order valence-electron chi connectivity index (χ3n) is 15.3. The van der Waals surface area contributed by atoms with Gasteiger partial charge in [-0.1, -0.05) is 140 Å². The third-order valence-corrected chi connectivity index (χ3v) is 15.3. The van der Waals surface area contributed by atoms with Crippen molar-refractivity contribution < 1.29 is 8.83 Å². The molecule has 8 aromatic carbocycles. The van der Waals surface area contributed by atoms with Gasteiger partial charge in [-0.15, -0.1) is 0 Å². The molecular formula is C61H45N3O2. The Bertz CT molecular complexity index is 3640. The molecule has 3 heterocycles. The molecule has 4 saturated carbocycles. The highest BCUT2D eigenvalue weighted by molar-refractivity contribution is 6.12. The van der Waals surface area contributed by atoms with Gasteiger partial charge < -0.3 is 8.83 Å². The number of furan rings is 2. The molecule has 66 heavy (non-hydrogen) atoms. The predicted octanol–water partition coefficient (Wildman–Crippen LogP) is 16.1. The van der Waals surface area contributed by atoms with Gasteiger partial charge in [0.2, 0.25) is 0 Å². The van der Waals surface area contributed by atoms with E-state index in [0.29, 0.717) is 17.5 Å². The molecule has 0 N–H and O–H groups in total. The molecule has 0 spiro atoms. The Morgan fingerprint density at radius 1 is 0.364 bits per heavy atom. The molecule has 4 aliphatic rings. The lowest BCUT2D eigenvalue weighted by atomic mass is 9.47. The molecule has 0 aliphatic heterocycles. The zero-order valence-electron chi connectivity index (χ0n) is 36.5. The number of rotatable bonds is 7. The van der Waals surface area contributed by atoms with Crippen molar-refractivity contribution >= 4 is 43.9 Å². The first-order chi connectivity index (χ1) is 32.6. The van der Waals surface area contributed by atoms with Gasteiger partial charge in [-0.3, -0.25) is 0 Å². The lowest BCUT2D eigenvalue weighted by Crippen LogP contribution is -2.48. The molecule has 5 nitrogen and oxygen atoms in total. The van der Waals surface area contributed by atoms with Crippen LogP contribution >= 0.6 is 0 Å². The van der Waals surface area contributed by atoms with Crippen LogP contribution in [0.25, 0.3) is 111 Å². The SMILES string of the molecule is c1ccc(-c2ccc(-c3cc(-c4ccccc4)cc(-c4nc(-c5cccc6c5oc5ccccc56)nc(-c5ccc(C67CC8CC(CC(C8)C6)C7)c6c5oc5ccccc56)n4)c3)cc2)cc1. The standard InChI is InChI=1S/C61H45N3O2/c1-3-12-40(13-4-1)42-22-24-43(25-23-42)45-31-44(41-14-5-2-6-15-41)32-46(33-45)58-62-59(50-19-11-18-48-47-16-7-9-20-53(47)65-56(48)50)64-60(63-58)51-26-27-52(55-49-17-8-10-21-54(49)66-57(51)55)61-34-37-28-38(35-61)30-39(29-37)36-61/h1-27,31-33,37-39H,28-30,34-36H2. The van der Waals surface area contributed by atoms with Crippen LogP contribution in [0.15, 0.2) is 191 Å². The van der Waals surface area contributed by atoms with Crippen LogP contribution in [0.3, 0.4) is 0 Å². The molecule has 15 rings (SSSR count). The smallest absolute Gasteiger partial charge is 0.167 e. The van der Waals surface area contributed by atoms with Crippen LogP contribution in [-0.4, -0.2) is 15.0 Å². The number of fused-ring (bicyclic) bond motifs is 6. The number of para-hydroxylation sites is 3. The maximum Gasteiger partial charge on any atom is 0.167 e. The number of benzene rings is 8. The highest BCUT2D eigenvalue weighted by atomic mass is 16.3. The van der Waals surface area contributed by atoms with Crippen molar-refractivity contribution in [1.29, 1.82) is 0 Å². The summed E-state index contributed by atoms with van der Waals surface area (Å²) >= 11 is 0. The molecule has 4 fully saturated rings. The van der Waals surface area contributed by atoms with Crippen molar-refractivity contribution in [3.05, 3.63) is 188 Å². The fourth-order valence-corrected chi connectivity index (χ4v) is 12.8. The van der Waals surface area contributed by atoms with Crippen LogP contribution in [0, 0.1) is 17.8 Å². The number of aromatic nitrogens is 3. The van der Waals surface area contributed by atoms with Gasteiger partial charge in [0.15, 0.2) is 17.5 Å². The highest BCUT2D eigenvalue weighted by Crippen LogP contribution is 2.62.